The van der Waals surface area contributed by atoms with Gasteiger partial charge in [0, 0.05) is 23.6 Å². The fourth-order valence-electron chi connectivity index (χ4n) is 6.00. The van der Waals surface area contributed by atoms with Crippen LogP contribution in [0.5, 0.6) is 11.5 Å². The summed E-state index contributed by atoms with van der Waals surface area (Å²) in [7, 11) is 3.34. The Hall–Kier alpha value is -4.26. The average molecular weight is 524 g/mol. The van der Waals surface area contributed by atoms with Gasteiger partial charge in [-0.2, -0.15) is 5.10 Å². The number of nitrogens with zero attached hydrogens (tertiary/aromatic N) is 3. The lowest BCUT2D eigenvalue weighted by atomic mass is 9.88. The zero-order chi connectivity index (χ0) is 26.8. The molecule has 0 radical (unpaired) electrons. The zero-order valence-electron chi connectivity index (χ0n) is 22.3. The molecule has 3 heterocycles. The Morgan fingerprint density at radius 2 is 1.46 bits per heavy atom. The van der Waals surface area contributed by atoms with Gasteiger partial charge >= 0.3 is 6.09 Å². The molecule has 2 bridgehead atoms. The van der Waals surface area contributed by atoms with E-state index in [4.69, 9.17) is 19.3 Å². The first-order valence-corrected chi connectivity index (χ1v) is 13.5. The van der Waals surface area contributed by atoms with Gasteiger partial charge in [-0.25, -0.2) is 9.48 Å². The van der Waals surface area contributed by atoms with Crippen LogP contribution in [0.25, 0.3) is 16.9 Å². The van der Waals surface area contributed by atoms with Crippen LogP contribution in [0.2, 0.25) is 0 Å². The van der Waals surface area contributed by atoms with Crippen molar-refractivity contribution in [2.45, 2.75) is 50.3 Å². The molecule has 1 aromatic heterocycles. The maximum atomic E-state index is 13.1. The second-order valence-corrected chi connectivity index (χ2v) is 10.3. The van der Waals surface area contributed by atoms with E-state index >= 15 is 0 Å². The molecule has 2 unspecified atom stereocenters. The molecule has 2 saturated heterocycles. The van der Waals surface area contributed by atoms with Gasteiger partial charge in [0.2, 0.25) is 0 Å². The van der Waals surface area contributed by atoms with E-state index in [9.17, 15) is 4.79 Å². The summed E-state index contributed by atoms with van der Waals surface area (Å²) >= 11 is 0. The van der Waals surface area contributed by atoms with Crippen molar-refractivity contribution >= 4 is 6.09 Å². The molecular weight excluding hydrogens is 490 g/mol. The maximum absolute atomic E-state index is 13.1. The normalized spacial score (nSPS) is 20.1. The molecule has 4 aromatic rings. The van der Waals surface area contributed by atoms with E-state index in [0.29, 0.717) is 6.61 Å². The minimum absolute atomic E-state index is 0.174. The average Bonchev–Trinajstić information content (AvgIpc) is 3.55. The van der Waals surface area contributed by atoms with Gasteiger partial charge < -0.3 is 19.1 Å². The molecule has 0 spiro atoms. The number of hydrogen-bond acceptors (Lipinski definition) is 5. The number of aromatic nitrogens is 2. The zero-order valence-corrected chi connectivity index (χ0v) is 22.3. The van der Waals surface area contributed by atoms with E-state index in [2.05, 4.69) is 18.2 Å². The third-order valence-corrected chi connectivity index (χ3v) is 8.00. The van der Waals surface area contributed by atoms with Crippen molar-refractivity contribution in [3.05, 3.63) is 96.2 Å². The Bertz CT molecular complexity index is 1340. The van der Waals surface area contributed by atoms with Gasteiger partial charge in [0.25, 0.3) is 0 Å². The molecule has 0 saturated carbocycles. The molecule has 2 fully saturated rings. The number of hydrogen-bond donors (Lipinski definition) is 0. The quantitative estimate of drug-likeness (QED) is 0.273. The summed E-state index contributed by atoms with van der Waals surface area (Å²) < 4.78 is 18.5. The summed E-state index contributed by atoms with van der Waals surface area (Å²) in [6.07, 6.45) is 3.59. The van der Waals surface area contributed by atoms with E-state index in [-0.39, 0.29) is 24.1 Å². The smallest absolute Gasteiger partial charge is 0.410 e. The minimum Gasteiger partial charge on any atom is -0.497 e. The van der Waals surface area contributed by atoms with Crippen LogP contribution in [0.3, 0.4) is 0 Å². The molecule has 6 rings (SSSR count). The Kier molecular flexibility index (Phi) is 6.97. The van der Waals surface area contributed by atoms with Crippen LogP contribution in [0, 0.1) is 0 Å². The fraction of sp³-hybridized carbons (Fsp3) is 0.312. The largest absolute Gasteiger partial charge is 0.497 e. The van der Waals surface area contributed by atoms with Gasteiger partial charge in [-0.3, -0.25) is 0 Å². The lowest BCUT2D eigenvalue weighted by Gasteiger charge is -2.37. The molecule has 1 amide bonds. The van der Waals surface area contributed by atoms with Crippen molar-refractivity contribution in [3.8, 4) is 28.4 Å². The molecule has 0 N–H and O–H groups in total. The first-order valence-electron chi connectivity index (χ1n) is 13.5. The number of carbonyl (C=O) groups is 1. The summed E-state index contributed by atoms with van der Waals surface area (Å²) in [6, 6.07) is 28.4. The lowest BCUT2D eigenvalue weighted by molar-refractivity contribution is 0.0605. The summed E-state index contributed by atoms with van der Waals surface area (Å²) in [4.78, 5) is 15.1. The van der Waals surface area contributed by atoms with Crippen LogP contribution >= 0.6 is 0 Å². The van der Waals surface area contributed by atoms with Crippen LogP contribution in [0.15, 0.2) is 84.9 Å². The van der Waals surface area contributed by atoms with Crippen molar-refractivity contribution in [2.75, 3.05) is 14.2 Å². The molecule has 0 aliphatic carbocycles. The van der Waals surface area contributed by atoms with E-state index in [0.717, 1.165) is 65.4 Å². The topological polar surface area (TPSA) is 65.8 Å². The Morgan fingerprint density at radius 1 is 0.846 bits per heavy atom. The SMILES string of the molecule is COc1ccc(-c2cc(C3CC4CCC(C3)N4C(=O)OCc3ccccc3)nn2-c2ccc(OC)cc2)cc1. The van der Waals surface area contributed by atoms with Crippen molar-refractivity contribution < 1.29 is 19.0 Å². The van der Waals surface area contributed by atoms with E-state index in [1.807, 2.05) is 76.3 Å². The van der Waals surface area contributed by atoms with Crippen LogP contribution < -0.4 is 9.47 Å². The van der Waals surface area contributed by atoms with Gasteiger partial charge in [0.15, 0.2) is 0 Å². The van der Waals surface area contributed by atoms with Gasteiger partial charge in [0.05, 0.1) is 31.3 Å². The summed E-state index contributed by atoms with van der Waals surface area (Å²) in [5.74, 6) is 1.90. The molecule has 2 aliphatic rings. The van der Waals surface area contributed by atoms with E-state index in [1.165, 1.54) is 0 Å². The number of fused-ring (bicyclic) bond motifs is 2. The predicted octanol–water partition coefficient (Wildman–Crippen LogP) is 6.60. The van der Waals surface area contributed by atoms with Gasteiger partial charge in [-0.15, -0.1) is 0 Å². The molecule has 7 nitrogen and oxygen atoms in total. The Morgan fingerprint density at radius 3 is 2.08 bits per heavy atom. The standard InChI is InChI=1S/C32H33N3O4/c1-37-28-14-8-23(9-15-28)31-20-30(33-35(31)25-12-16-29(38-2)17-13-25)24-18-26-10-11-27(19-24)34(26)32(36)39-21-22-6-4-3-5-7-22/h3-9,12-17,20,24,26-27H,10-11,18-19,21H2,1-2H3. The number of ether oxygens (including phenoxy) is 3. The van der Waals surface area contributed by atoms with Gasteiger partial charge in [-0.05, 0) is 85.8 Å². The third kappa shape index (κ3) is 5.09. The van der Waals surface area contributed by atoms with E-state index in [1.54, 1.807) is 14.2 Å². The summed E-state index contributed by atoms with van der Waals surface area (Å²) in [5.41, 5.74) is 5.12. The fourth-order valence-corrected chi connectivity index (χ4v) is 6.00. The number of piperidine rings is 1. The number of carbonyl (C=O) groups excluding carboxylic acids is 1. The first kappa shape index (κ1) is 25.0. The number of rotatable bonds is 7. The first-order chi connectivity index (χ1) is 19.1. The highest BCUT2D eigenvalue weighted by Crippen LogP contribution is 2.44. The number of benzene rings is 3. The highest BCUT2D eigenvalue weighted by molar-refractivity contribution is 5.69. The third-order valence-electron chi connectivity index (χ3n) is 8.00. The second-order valence-electron chi connectivity index (χ2n) is 10.3. The molecule has 39 heavy (non-hydrogen) atoms. The molecule has 7 heteroatoms. The highest BCUT2D eigenvalue weighted by atomic mass is 16.6. The van der Waals surface area contributed by atoms with Crippen LogP contribution in [-0.4, -0.2) is 47.1 Å². The van der Waals surface area contributed by atoms with Crippen molar-refractivity contribution in [1.29, 1.82) is 0 Å². The van der Waals surface area contributed by atoms with Gasteiger partial charge in [0.1, 0.15) is 18.1 Å². The lowest BCUT2D eigenvalue weighted by Crippen LogP contribution is -2.46. The van der Waals surface area contributed by atoms with Crippen LogP contribution in [0.4, 0.5) is 4.79 Å². The van der Waals surface area contributed by atoms with Crippen molar-refractivity contribution in [3.63, 3.8) is 0 Å². The Labute approximate surface area is 228 Å². The van der Waals surface area contributed by atoms with Crippen molar-refractivity contribution in [2.24, 2.45) is 0 Å². The predicted molar refractivity (Wildman–Crippen MR) is 149 cm³/mol. The van der Waals surface area contributed by atoms with Crippen LogP contribution in [0.1, 0.15) is 42.9 Å². The molecule has 200 valence electrons. The number of amides is 1. The summed E-state index contributed by atoms with van der Waals surface area (Å²) in [6.45, 7) is 0.302. The van der Waals surface area contributed by atoms with Gasteiger partial charge in [-0.1, -0.05) is 30.3 Å². The molecule has 3 aromatic carbocycles. The minimum atomic E-state index is -0.201. The maximum Gasteiger partial charge on any atom is 0.410 e. The second kappa shape index (κ2) is 10.8. The van der Waals surface area contributed by atoms with E-state index < -0.39 is 0 Å². The molecular formula is C32H33N3O4. The Balaban J connectivity index is 1.24. The molecule has 2 atom stereocenters. The number of methoxy groups -OCH3 is 2. The van der Waals surface area contributed by atoms with Crippen LogP contribution in [-0.2, 0) is 11.3 Å². The van der Waals surface area contributed by atoms with Crippen molar-refractivity contribution in [1.82, 2.24) is 14.7 Å². The molecule has 2 aliphatic heterocycles. The summed E-state index contributed by atoms with van der Waals surface area (Å²) in [5, 5.41) is 5.13. The highest BCUT2D eigenvalue weighted by Gasteiger charge is 2.45. The monoisotopic (exact) mass is 523 g/mol.